The Balaban J connectivity index is -0.00000000800. The van der Waals surface area contributed by atoms with Gasteiger partial charge in [0, 0.05) is 33.6 Å². The molecule has 0 heterocycles. The summed E-state index contributed by atoms with van der Waals surface area (Å²) in [7, 11) is -4.67. The molecule has 2 N–H and O–H groups in total. The van der Waals surface area contributed by atoms with Crippen molar-refractivity contribution in [3.63, 3.8) is 0 Å². The van der Waals surface area contributed by atoms with Crippen LogP contribution in [-0.2, 0) is 44.0 Å². The van der Waals surface area contributed by atoms with Crippen LogP contribution in [0.15, 0.2) is 0 Å². The van der Waals surface area contributed by atoms with E-state index in [4.69, 9.17) is 17.5 Å². The van der Waals surface area contributed by atoms with Gasteiger partial charge in [0.05, 0.1) is 0 Å². The zero-order chi connectivity index (χ0) is 4.50. The topological polar surface area (TPSA) is 74.6 Å². The van der Waals surface area contributed by atoms with E-state index in [0.29, 0.717) is 0 Å². The molecule has 0 aliphatic rings. The summed E-state index contributed by atoms with van der Waals surface area (Å²) in [4.78, 5) is 0. The van der Waals surface area contributed by atoms with Crippen LogP contribution in [0.25, 0.3) is 0 Å². The molecule has 0 aliphatic heterocycles. The summed E-state index contributed by atoms with van der Waals surface area (Å²) in [5.74, 6) is 0. The predicted molar refractivity (Wildman–Crippen MR) is 22.2 cm³/mol. The average molecular weight is 239 g/mol. The Morgan fingerprint density at radius 2 is 1.25 bits per heavy atom. The SMILES string of the molecule is O=S(=O)(O)O.[Fe].[H-].[H-].[Mg+2].[Ni]. The molecule has 4 nitrogen and oxygen atoms in total. The first kappa shape index (κ1) is 22.6. The van der Waals surface area contributed by atoms with Gasteiger partial charge in [-0.1, -0.05) is 0 Å². The van der Waals surface area contributed by atoms with Gasteiger partial charge >= 0.3 is 33.5 Å². The van der Waals surface area contributed by atoms with Crippen LogP contribution < -0.4 is 0 Å². The molecule has 0 aromatic rings. The van der Waals surface area contributed by atoms with Crippen LogP contribution in [0.1, 0.15) is 2.85 Å². The first-order chi connectivity index (χ1) is 2.00. The van der Waals surface area contributed by atoms with E-state index >= 15 is 0 Å². The molecule has 0 saturated heterocycles. The van der Waals surface area contributed by atoms with Crippen LogP contribution in [0.2, 0.25) is 0 Å². The van der Waals surface area contributed by atoms with Crippen molar-refractivity contribution in [1.29, 1.82) is 0 Å². The summed E-state index contributed by atoms with van der Waals surface area (Å²) < 4.78 is 31.6. The number of hydrogen-bond donors (Lipinski definition) is 2. The third-order valence-corrected chi connectivity index (χ3v) is 0. The first-order valence-electron chi connectivity index (χ1n) is 0.698. The monoisotopic (exact) mass is 238 g/mol. The van der Waals surface area contributed by atoms with Crippen molar-refractivity contribution in [1.82, 2.24) is 0 Å². The Bertz CT molecular complexity index is 106. The maximum absolute atomic E-state index is 8.74. The second-order valence-corrected chi connectivity index (χ2v) is 1.34. The summed E-state index contributed by atoms with van der Waals surface area (Å²) in [6.45, 7) is 0. The van der Waals surface area contributed by atoms with Gasteiger partial charge in [-0.15, -0.1) is 0 Å². The third-order valence-electron chi connectivity index (χ3n) is 0. The van der Waals surface area contributed by atoms with Gasteiger partial charge in [-0.2, -0.15) is 8.42 Å². The molecule has 0 aromatic carbocycles. The van der Waals surface area contributed by atoms with Crippen LogP contribution in [0, 0.1) is 0 Å². The van der Waals surface area contributed by atoms with Crippen molar-refractivity contribution >= 4 is 33.5 Å². The zero-order valence-corrected chi connectivity index (χ0v) is 7.82. The van der Waals surface area contributed by atoms with Gasteiger partial charge in [0.15, 0.2) is 0 Å². The Kier molecular flexibility index (Phi) is 24.5. The van der Waals surface area contributed by atoms with Crippen molar-refractivity contribution in [2.75, 3.05) is 0 Å². The van der Waals surface area contributed by atoms with Gasteiger partial charge < -0.3 is 2.85 Å². The maximum Gasteiger partial charge on any atom is 2.00 e. The molecule has 0 fully saturated rings. The normalized spacial score (nSPS) is 7.25. The Morgan fingerprint density at radius 3 is 1.25 bits per heavy atom. The van der Waals surface area contributed by atoms with E-state index in [1.54, 1.807) is 0 Å². The van der Waals surface area contributed by atoms with Crippen LogP contribution in [-0.4, -0.2) is 40.6 Å². The second kappa shape index (κ2) is 8.65. The molecule has 0 aromatic heterocycles. The molecule has 0 saturated carbocycles. The van der Waals surface area contributed by atoms with Crippen molar-refractivity contribution < 1.29 is 53.9 Å². The van der Waals surface area contributed by atoms with Gasteiger partial charge in [0.2, 0.25) is 0 Å². The summed E-state index contributed by atoms with van der Waals surface area (Å²) in [5, 5.41) is 0. The van der Waals surface area contributed by atoms with E-state index in [-0.39, 0.29) is 59.5 Å². The summed E-state index contributed by atoms with van der Waals surface area (Å²) in [6, 6.07) is 0. The smallest absolute Gasteiger partial charge is 1.00 e. The van der Waals surface area contributed by atoms with E-state index < -0.39 is 10.4 Å². The summed E-state index contributed by atoms with van der Waals surface area (Å²) >= 11 is 0. The van der Waals surface area contributed by atoms with Gasteiger partial charge in [-0.25, -0.2) is 0 Å². The standard InChI is InChI=1S/Fe.Mg.Ni.H2O4S.2H/c;;;1-5(2,3)4;;/h;;;(H2,1,2,3,4);;/q;+2;;;2*-1. The average Bonchev–Trinajstić information content (AvgIpc) is 0.722. The summed E-state index contributed by atoms with van der Waals surface area (Å²) in [5.41, 5.74) is 0. The van der Waals surface area contributed by atoms with Gasteiger partial charge in [0.1, 0.15) is 0 Å². The molecule has 0 radical (unpaired) electrons. The molecule has 0 atom stereocenters. The van der Waals surface area contributed by atoms with Gasteiger partial charge in [-0.3, -0.25) is 9.11 Å². The molecular formula is H4FeMgNiO4S. The molecule has 0 unspecified atom stereocenters. The second-order valence-electron chi connectivity index (χ2n) is 0.448. The van der Waals surface area contributed by atoms with E-state index in [9.17, 15) is 0 Å². The van der Waals surface area contributed by atoms with Gasteiger partial charge in [-0.05, 0) is 0 Å². The molecule has 8 heavy (non-hydrogen) atoms. The molecule has 0 amide bonds. The Hall–Kier alpha value is 1.65. The molecule has 8 heteroatoms. The Labute approximate surface area is 86.9 Å². The van der Waals surface area contributed by atoms with Crippen LogP contribution in [0.4, 0.5) is 0 Å². The van der Waals surface area contributed by atoms with E-state index in [1.165, 1.54) is 0 Å². The predicted octanol–water partition coefficient (Wildman–Crippen LogP) is -0.814. The molecule has 0 rings (SSSR count). The largest absolute Gasteiger partial charge is 2.00 e. The number of rotatable bonds is 0. The van der Waals surface area contributed by atoms with Crippen LogP contribution in [0.5, 0.6) is 0 Å². The number of hydrogen-bond acceptors (Lipinski definition) is 2. The zero-order valence-electron chi connectivity index (χ0n) is 5.50. The minimum Gasteiger partial charge on any atom is -1.00 e. The Morgan fingerprint density at radius 1 is 1.25 bits per heavy atom. The fourth-order valence-electron chi connectivity index (χ4n) is 0. The fraction of sp³-hybridized carbons (Fsp3) is 0. The minimum atomic E-state index is -4.67. The first-order valence-corrected chi connectivity index (χ1v) is 2.10. The minimum absolute atomic E-state index is 0. The molecule has 54 valence electrons. The molecular weight excluding hydrogens is 235 g/mol. The quantitative estimate of drug-likeness (QED) is 0.428. The van der Waals surface area contributed by atoms with Crippen molar-refractivity contribution in [3.8, 4) is 0 Å². The van der Waals surface area contributed by atoms with Crippen molar-refractivity contribution in [2.45, 2.75) is 0 Å². The van der Waals surface area contributed by atoms with Crippen molar-refractivity contribution in [3.05, 3.63) is 0 Å². The fourth-order valence-corrected chi connectivity index (χ4v) is 0. The molecule has 0 spiro atoms. The van der Waals surface area contributed by atoms with E-state index in [0.717, 1.165) is 0 Å². The van der Waals surface area contributed by atoms with E-state index in [2.05, 4.69) is 0 Å². The molecule has 0 aliphatic carbocycles. The van der Waals surface area contributed by atoms with E-state index in [1.807, 2.05) is 0 Å². The molecule has 0 bridgehead atoms. The van der Waals surface area contributed by atoms with Crippen LogP contribution in [0.3, 0.4) is 0 Å². The van der Waals surface area contributed by atoms with Crippen molar-refractivity contribution in [2.24, 2.45) is 0 Å². The summed E-state index contributed by atoms with van der Waals surface area (Å²) in [6.07, 6.45) is 0. The third kappa shape index (κ3) is 124. The van der Waals surface area contributed by atoms with Crippen LogP contribution >= 0.6 is 0 Å². The van der Waals surface area contributed by atoms with Gasteiger partial charge in [0.25, 0.3) is 0 Å². The maximum atomic E-state index is 8.74.